The number of aromatic nitrogens is 2. The van der Waals surface area contributed by atoms with Gasteiger partial charge < -0.3 is 14.6 Å². The van der Waals surface area contributed by atoms with E-state index in [1.54, 1.807) is 18.6 Å². The van der Waals surface area contributed by atoms with Crippen LogP contribution in [0.5, 0.6) is 0 Å². The summed E-state index contributed by atoms with van der Waals surface area (Å²) in [5, 5.41) is 3.37. The highest BCUT2D eigenvalue weighted by atomic mass is 16.3. The van der Waals surface area contributed by atoms with Crippen LogP contribution in [0.25, 0.3) is 0 Å². The van der Waals surface area contributed by atoms with E-state index >= 15 is 0 Å². The first-order valence-corrected chi connectivity index (χ1v) is 9.25. The first kappa shape index (κ1) is 16.1. The fourth-order valence-electron chi connectivity index (χ4n) is 3.72. The first-order valence-electron chi connectivity index (χ1n) is 9.25. The molecule has 0 saturated heterocycles. The Kier molecular flexibility index (Phi) is 3.89. The highest BCUT2D eigenvalue weighted by Gasteiger charge is 2.38. The van der Waals surface area contributed by atoms with Crippen molar-refractivity contribution in [3.63, 3.8) is 0 Å². The Morgan fingerprint density at radius 2 is 2.11 bits per heavy atom. The van der Waals surface area contributed by atoms with Crippen LogP contribution in [0, 0.1) is 5.92 Å². The summed E-state index contributed by atoms with van der Waals surface area (Å²) in [4.78, 5) is 23.0. The summed E-state index contributed by atoms with van der Waals surface area (Å²) in [6.45, 7) is 0.592. The number of rotatable bonds is 5. The molecule has 2 aromatic heterocycles. The van der Waals surface area contributed by atoms with E-state index < -0.39 is 0 Å². The number of carbonyl (C=O) groups excluding carboxylic acids is 1. The number of anilines is 2. The largest absolute Gasteiger partial charge is 0.446 e. The van der Waals surface area contributed by atoms with Crippen LogP contribution in [-0.2, 0) is 11.3 Å². The Morgan fingerprint density at radius 3 is 2.85 bits per heavy atom. The number of benzene rings is 1. The Labute approximate surface area is 157 Å². The topological polar surface area (TPSA) is 71.3 Å². The second-order valence-corrected chi connectivity index (χ2v) is 7.26. The van der Waals surface area contributed by atoms with E-state index in [1.807, 2.05) is 23.1 Å². The molecule has 1 aliphatic heterocycles. The van der Waals surface area contributed by atoms with E-state index in [0.29, 0.717) is 24.6 Å². The van der Waals surface area contributed by atoms with Gasteiger partial charge in [-0.3, -0.25) is 9.78 Å². The lowest BCUT2D eigenvalue weighted by Gasteiger charge is -2.23. The molecule has 27 heavy (non-hydrogen) atoms. The van der Waals surface area contributed by atoms with Crippen LogP contribution in [-0.4, -0.2) is 20.8 Å². The molecular weight excluding hydrogens is 340 g/mol. The molecule has 1 N–H and O–H groups in total. The van der Waals surface area contributed by atoms with Crippen molar-refractivity contribution in [1.82, 2.24) is 14.9 Å². The lowest BCUT2D eigenvalue weighted by Crippen LogP contribution is -2.30. The van der Waals surface area contributed by atoms with Crippen LogP contribution in [0.2, 0.25) is 0 Å². The first-order chi connectivity index (χ1) is 13.3. The summed E-state index contributed by atoms with van der Waals surface area (Å²) in [7, 11) is 0. The molecule has 3 heterocycles. The molecule has 3 aromatic rings. The van der Waals surface area contributed by atoms with Crippen LogP contribution in [0.4, 0.5) is 11.4 Å². The maximum absolute atomic E-state index is 12.9. The zero-order chi connectivity index (χ0) is 18.2. The SMILES string of the molecule is O=C(CC1CC1)N1Cc2cc(Nc3cccnc3)ccc2[C@@H]1c1cnco1. The van der Waals surface area contributed by atoms with Gasteiger partial charge in [0.05, 0.1) is 18.1 Å². The third-order valence-electron chi connectivity index (χ3n) is 5.24. The number of carbonyl (C=O) groups is 1. The molecule has 0 bridgehead atoms. The van der Waals surface area contributed by atoms with E-state index in [2.05, 4.69) is 27.4 Å². The number of fused-ring (bicyclic) bond motifs is 1. The zero-order valence-corrected chi connectivity index (χ0v) is 14.8. The predicted molar refractivity (Wildman–Crippen MR) is 100 cm³/mol. The van der Waals surface area contributed by atoms with Gasteiger partial charge in [-0.1, -0.05) is 6.07 Å². The molecule has 0 spiro atoms. The van der Waals surface area contributed by atoms with Crippen LogP contribution in [0.3, 0.4) is 0 Å². The molecule has 5 rings (SSSR count). The molecular formula is C21H20N4O2. The van der Waals surface area contributed by atoms with E-state index in [4.69, 9.17) is 4.42 Å². The van der Waals surface area contributed by atoms with Crippen molar-refractivity contribution >= 4 is 17.3 Å². The van der Waals surface area contributed by atoms with Gasteiger partial charge in [0.25, 0.3) is 0 Å². The van der Waals surface area contributed by atoms with Gasteiger partial charge in [0.1, 0.15) is 6.04 Å². The normalized spacial score (nSPS) is 18.4. The summed E-state index contributed by atoms with van der Waals surface area (Å²) in [5.41, 5.74) is 4.15. The summed E-state index contributed by atoms with van der Waals surface area (Å²) in [6.07, 6.45) is 9.63. The van der Waals surface area contributed by atoms with Gasteiger partial charge in [-0.2, -0.15) is 0 Å². The van der Waals surface area contributed by atoms with E-state index in [9.17, 15) is 4.79 Å². The van der Waals surface area contributed by atoms with Gasteiger partial charge in [0, 0.05) is 24.8 Å². The van der Waals surface area contributed by atoms with Crippen LogP contribution in [0.1, 0.15) is 42.2 Å². The summed E-state index contributed by atoms with van der Waals surface area (Å²) in [5.74, 6) is 1.46. The Morgan fingerprint density at radius 1 is 1.19 bits per heavy atom. The Hall–Kier alpha value is -3.15. The molecule has 1 amide bonds. The maximum Gasteiger partial charge on any atom is 0.224 e. The molecule has 0 radical (unpaired) electrons. The zero-order valence-electron chi connectivity index (χ0n) is 14.8. The molecule has 2 aliphatic rings. The van der Waals surface area contributed by atoms with Crippen molar-refractivity contribution < 1.29 is 9.21 Å². The fourth-order valence-corrected chi connectivity index (χ4v) is 3.72. The second kappa shape index (κ2) is 6.54. The molecule has 1 fully saturated rings. The lowest BCUT2D eigenvalue weighted by molar-refractivity contribution is -0.133. The van der Waals surface area contributed by atoms with Gasteiger partial charge in [-0.15, -0.1) is 0 Å². The average molecular weight is 360 g/mol. The van der Waals surface area contributed by atoms with E-state index in [-0.39, 0.29) is 11.9 Å². The molecule has 1 aliphatic carbocycles. The van der Waals surface area contributed by atoms with Crippen molar-refractivity contribution in [3.05, 3.63) is 72.2 Å². The minimum Gasteiger partial charge on any atom is -0.446 e. The summed E-state index contributed by atoms with van der Waals surface area (Å²) < 4.78 is 5.57. The summed E-state index contributed by atoms with van der Waals surface area (Å²) >= 11 is 0. The van der Waals surface area contributed by atoms with Crippen LogP contribution >= 0.6 is 0 Å². The van der Waals surface area contributed by atoms with Crippen molar-refractivity contribution in [2.75, 3.05) is 5.32 Å². The van der Waals surface area contributed by atoms with Crippen LogP contribution in [0.15, 0.2) is 59.7 Å². The molecule has 1 aromatic carbocycles. The van der Waals surface area contributed by atoms with Crippen molar-refractivity contribution in [1.29, 1.82) is 0 Å². The van der Waals surface area contributed by atoms with Crippen LogP contribution < -0.4 is 5.32 Å². The number of hydrogen-bond donors (Lipinski definition) is 1. The van der Waals surface area contributed by atoms with Gasteiger partial charge in [-0.25, -0.2) is 4.98 Å². The Balaban J connectivity index is 1.45. The van der Waals surface area contributed by atoms with Gasteiger partial charge in [0.2, 0.25) is 5.91 Å². The predicted octanol–water partition coefficient (Wildman–Crippen LogP) is 4.04. The molecule has 1 saturated carbocycles. The van der Waals surface area contributed by atoms with Crippen molar-refractivity contribution in [2.45, 2.75) is 31.8 Å². The lowest BCUT2D eigenvalue weighted by atomic mass is 10.0. The minimum absolute atomic E-state index is 0.192. The van der Waals surface area contributed by atoms with Crippen molar-refractivity contribution in [3.8, 4) is 0 Å². The molecule has 1 atom stereocenters. The van der Waals surface area contributed by atoms with Gasteiger partial charge in [0.15, 0.2) is 12.2 Å². The molecule has 6 heteroatoms. The summed E-state index contributed by atoms with van der Waals surface area (Å²) in [6, 6.07) is 9.89. The third-order valence-corrected chi connectivity index (χ3v) is 5.24. The number of nitrogens with one attached hydrogen (secondary N) is 1. The molecule has 6 nitrogen and oxygen atoms in total. The minimum atomic E-state index is -0.193. The fraction of sp³-hybridized carbons (Fsp3) is 0.286. The quantitative estimate of drug-likeness (QED) is 0.743. The van der Waals surface area contributed by atoms with Gasteiger partial charge >= 0.3 is 0 Å². The Bertz CT molecular complexity index is 952. The molecule has 0 unspecified atom stereocenters. The number of oxazole rings is 1. The number of hydrogen-bond acceptors (Lipinski definition) is 5. The standard InChI is InChI=1S/C21H20N4O2/c26-20(8-14-3-4-14)25-12-15-9-16(24-17-2-1-7-22-10-17)5-6-18(15)21(25)19-11-23-13-27-19/h1-2,5-7,9-11,13-14,21,24H,3-4,8,12H2/t21-/m1/s1. The van der Waals surface area contributed by atoms with Gasteiger partial charge in [-0.05, 0) is 54.2 Å². The smallest absolute Gasteiger partial charge is 0.224 e. The number of pyridine rings is 1. The number of amides is 1. The highest BCUT2D eigenvalue weighted by Crippen LogP contribution is 2.42. The molecule has 136 valence electrons. The highest BCUT2D eigenvalue weighted by molar-refractivity contribution is 5.79. The average Bonchev–Trinajstić information content (AvgIpc) is 3.19. The maximum atomic E-state index is 12.9. The third kappa shape index (κ3) is 3.18. The van der Waals surface area contributed by atoms with Crippen molar-refractivity contribution in [2.24, 2.45) is 5.92 Å². The second-order valence-electron chi connectivity index (χ2n) is 7.26. The number of nitrogens with zero attached hydrogens (tertiary/aromatic N) is 3. The van der Waals surface area contributed by atoms with E-state index in [0.717, 1.165) is 22.5 Å². The monoisotopic (exact) mass is 360 g/mol. The van der Waals surface area contributed by atoms with E-state index in [1.165, 1.54) is 19.2 Å².